The molecule has 0 unspecified atom stereocenters. The van der Waals surface area contributed by atoms with E-state index >= 15 is 0 Å². The number of rotatable bonds is 10. The maximum atomic E-state index is 13.1. The van der Waals surface area contributed by atoms with Crippen LogP contribution in [0.2, 0.25) is 0 Å². The number of carbonyl (C=O) groups excluding carboxylic acids is 3. The molecule has 3 aromatic rings. The van der Waals surface area contributed by atoms with E-state index in [9.17, 15) is 22.8 Å². The number of hydrogen-bond acceptors (Lipinski definition) is 5. The van der Waals surface area contributed by atoms with E-state index in [1.54, 1.807) is 0 Å². The minimum atomic E-state index is -5.19. The summed E-state index contributed by atoms with van der Waals surface area (Å²) in [6, 6.07) is 26.0. The van der Waals surface area contributed by atoms with Crippen LogP contribution < -0.4 is 21.5 Å². The summed E-state index contributed by atoms with van der Waals surface area (Å²) < 4.78 is 37.3. The van der Waals surface area contributed by atoms with Crippen molar-refractivity contribution in [3.05, 3.63) is 95.6 Å². The number of ether oxygens (including phenoxy) is 1. The van der Waals surface area contributed by atoms with Gasteiger partial charge in [0.25, 0.3) is 5.91 Å². The van der Waals surface area contributed by atoms with Gasteiger partial charge in [-0.05, 0) is 40.2 Å². The van der Waals surface area contributed by atoms with Gasteiger partial charge in [-0.1, -0.05) is 111 Å². The third-order valence-corrected chi connectivity index (χ3v) is 8.45. The van der Waals surface area contributed by atoms with Crippen LogP contribution in [0.4, 0.5) is 18.0 Å². The predicted molar refractivity (Wildman–Crippen MR) is 164 cm³/mol. The Morgan fingerprint density at radius 3 is 1.98 bits per heavy atom. The van der Waals surface area contributed by atoms with Gasteiger partial charge in [0.05, 0.1) is 0 Å². The molecule has 46 heavy (non-hydrogen) atoms. The Balaban J connectivity index is 0.000000617. The number of fused-ring (bicyclic) bond motifs is 3. The molecular formula is C35H40F3N3O5. The van der Waals surface area contributed by atoms with Crippen LogP contribution in [0.3, 0.4) is 0 Å². The predicted octanol–water partition coefficient (Wildman–Crippen LogP) is 4.13. The van der Waals surface area contributed by atoms with Crippen molar-refractivity contribution in [2.45, 2.75) is 69.1 Å². The van der Waals surface area contributed by atoms with Gasteiger partial charge in [0.15, 0.2) is 6.04 Å². The Kier molecular flexibility index (Phi) is 12.2. The third-order valence-electron chi connectivity index (χ3n) is 8.45. The second kappa shape index (κ2) is 16.3. The normalized spacial score (nSPS) is 15.7. The van der Waals surface area contributed by atoms with Gasteiger partial charge in [0.2, 0.25) is 0 Å². The minimum Gasteiger partial charge on any atom is -0.542 e. The highest BCUT2D eigenvalue weighted by Gasteiger charge is 2.30. The van der Waals surface area contributed by atoms with Crippen LogP contribution in [-0.4, -0.2) is 49.4 Å². The summed E-state index contributed by atoms with van der Waals surface area (Å²) in [4.78, 5) is 34.7. The summed E-state index contributed by atoms with van der Waals surface area (Å²) in [5, 5.41) is 14.9. The van der Waals surface area contributed by atoms with E-state index in [2.05, 4.69) is 40.6 Å². The SMILES string of the molecule is O=C([O-])C(F)(F)F.[NH3+][C@@H](Cc1ccccc1)C(=O)N[C@@H](CNC(=O)OCC1c2ccccc2-c2ccccc21)CC1CCCCC1. The molecule has 0 bridgehead atoms. The molecule has 0 aromatic heterocycles. The summed E-state index contributed by atoms with van der Waals surface area (Å²) in [5.74, 6) is -2.50. The standard InChI is InChI=1S/C33H39N3O3.C2HF3O2/c34-31(20-24-13-5-2-6-14-24)32(37)36-25(19-23-11-3-1-4-12-23)21-35-33(38)39-22-30-28-17-9-7-15-26(28)27-16-8-10-18-29(27)30;3-2(4,5)1(6)7/h2,5-10,13-18,23,25,30-31H,1,3-4,11-12,19-22,34H2,(H,35,38)(H,36,37);(H,6,7)/t25-,31+;/m1./s1. The minimum absolute atomic E-state index is 0.0193. The maximum Gasteiger partial charge on any atom is 0.430 e. The number of quaternary nitrogens is 1. The number of alkyl halides is 3. The third kappa shape index (κ3) is 9.81. The number of carboxylic acid groups (broad SMARTS) is 1. The van der Waals surface area contributed by atoms with Crippen molar-refractivity contribution in [3.63, 3.8) is 0 Å². The van der Waals surface area contributed by atoms with Crippen LogP contribution in [0.15, 0.2) is 78.9 Å². The number of aliphatic carboxylic acids is 1. The summed E-state index contributed by atoms with van der Waals surface area (Å²) in [7, 11) is 0. The number of alkyl carbamates (subject to hydrolysis) is 1. The highest BCUT2D eigenvalue weighted by Crippen LogP contribution is 2.44. The van der Waals surface area contributed by atoms with E-state index in [1.807, 2.05) is 54.6 Å². The van der Waals surface area contributed by atoms with Crippen molar-refractivity contribution < 1.29 is 43.1 Å². The largest absolute Gasteiger partial charge is 0.542 e. The van der Waals surface area contributed by atoms with Crippen molar-refractivity contribution in [1.29, 1.82) is 0 Å². The van der Waals surface area contributed by atoms with Gasteiger partial charge < -0.3 is 31.0 Å². The van der Waals surface area contributed by atoms with E-state index in [1.165, 1.54) is 54.4 Å². The molecule has 3 aromatic carbocycles. The van der Waals surface area contributed by atoms with Gasteiger partial charge in [0, 0.05) is 24.9 Å². The van der Waals surface area contributed by atoms with Crippen molar-refractivity contribution in [3.8, 4) is 11.1 Å². The summed E-state index contributed by atoms with van der Waals surface area (Å²) in [5.41, 5.74) is 9.99. The first-order valence-corrected chi connectivity index (χ1v) is 15.6. The molecule has 11 heteroatoms. The molecule has 0 heterocycles. The van der Waals surface area contributed by atoms with Crippen LogP contribution in [-0.2, 0) is 20.7 Å². The molecule has 5 rings (SSSR count). The maximum absolute atomic E-state index is 13.1. The first-order valence-electron chi connectivity index (χ1n) is 15.6. The lowest BCUT2D eigenvalue weighted by molar-refractivity contribution is -0.403. The smallest absolute Gasteiger partial charge is 0.430 e. The summed E-state index contributed by atoms with van der Waals surface area (Å²) in [6.07, 6.45) is 1.90. The second-order valence-corrected chi connectivity index (χ2v) is 11.8. The first-order chi connectivity index (χ1) is 22.0. The van der Waals surface area contributed by atoms with Gasteiger partial charge in [0.1, 0.15) is 12.6 Å². The molecule has 0 spiro atoms. The lowest BCUT2D eigenvalue weighted by atomic mass is 9.84. The number of carboxylic acids is 1. The Morgan fingerprint density at radius 1 is 0.870 bits per heavy atom. The van der Waals surface area contributed by atoms with E-state index < -0.39 is 24.3 Å². The zero-order chi connectivity index (χ0) is 33.1. The number of amides is 2. The number of halogens is 3. The van der Waals surface area contributed by atoms with Crippen LogP contribution in [0.1, 0.15) is 61.1 Å². The number of hydrogen-bond donors (Lipinski definition) is 3. The van der Waals surface area contributed by atoms with Gasteiger partial charge in [-0.25, -0.2) is 4.79 Å². The quantitative estimate of drug-likeness (QED) is 0.307. The van der Waals surface area contributed by atoms with Gasteiger partial charge in [-0.3, -0.25) is 4.79 Å². The molecule has 0 aliphatic heterocycles. The molecule has 1 saturated carbocycles. The Labute approximate surface area is 266 Å². The van der Waals surface area contributed by atoms with Crippen LogP contribution in [0.25, 0.3) is 11.1 Å². The molecule has 0 radical (unpaired) electrons. The van der Waals surface area contributed by atoms with Gasteiger partial charge in [-0.15, -0.1) is 0 Å². The number of benzene rings is 3. The lowest BCUT2D eigenvalue weighted by Gasteiger charge is -2.28. The van der Waals surface area contributed by atoms with Gasteiger partial charge in [-0.2, -0.15) is 13.2 Å². The van der Waals surface area contributed by atoms with E-state index in [0.29, 0.717) is 18.9 Å². The fourth-order valence-corrected chi connectivity index (χ4v) is 6.18. The molecule has 8 nitrogen and oxygen atoms in total. The molecular weight excluding hydrogens is 599 g/mol. The molecule has 2 aliphatic rings. The Morgan fingerprint density at radius 2 is 1.41 bits per heavy atom. The van der Waals surface area contributed by atoms with Gasteiger partial charge >= 0.3 is 12.3 Å². The molecule has 2 atom stereocenters. The Hall–Kier alpha value is -4.38. The monoisotopic (exact) mass is 639 g/mol. The highest BCUT2D eigenvalue weighted by atomic mass is 19.4. The van der Waals surface area contributed by atoms with Crippen LogP contribution in [0.5, 0.6) is 0 Å². The summed E-state index contributed by atoms with van der Waals surface area (Å²) in [6.45, 7) is 0.620. The van der Waals surface area contributed by atoms with Crippen molar-refractivity contribution in [2.75, 3.05) is 13.2 Å². The lowest BCUT2D eigenvalue weighted by Crippen LogP contribution is -2.69. The molecule has 2 aliphatic carbocycles. The van der Waals surface area contributed by atoms with E-state index in [-0.39, 0.29) is 24.5 Å². The molecule has 1 fully saturated rings. The van der Waals surface area contributed by atoms with Crippen molar-refractivity contribution in [1.82, 2.24) is 10.6 Å². The van der Waals surface area contributed by atoms with Crippen LogP contribution >= 0.6 is 0 Å². The molecule has 2 amide bonds. The highest BCUT2D eigenvalue weighted by molar-refractivity contribution is 5.81. The van der Waals surface area contributed by atoms with E-state index in [4.69, 9.17) is 14.6 Å². The fraction of sp³-hybridized carbons (Fsp3) is 0.400. The zero-order valence-electron chi connectivity index (χ0n) is 25.6. The van der Waals surface area contributed by atoms with Crippen LogP contribution in [0, 0.1) is 5.92 Å². The zero-order valence-corrected chi connectivity index (χ0v) is 25.6. The fourth-order valence-electron chi connectivity index (χ4n) is 6.18. The average Bonchev–Trinajstić information content (AvgIpc) is 3.37. The van der Waals surface area contributed by atoms with Crippen molar-refractivity contribution >= 4 is 18.0 Å². The molecule has 5 N–H and O–H groups in total. The van der Waals surface area contributed by atoms with E-state index in [0.717, 1.165) is 12.0 Å². The Bertz CT molecular complexity index is 1420. The number of carbonyl (C=O) groups is 3. The number of nitrogens with one attached hydrogen (secondary N) is 2. The molecule has 0 saturated heterocycles. The topological polar surface area (TPSA) is 135 Å². The summed E-state index contributed by atoms with van der Waals surface area (Å²) >= 11 is 0. The molecule has 246 valence electrons. The average molecular weight is 640 g/mol. The second-order valence-electron chi connectivity index (χ2n) is 11.8. The first kappa shape index (κ1) is 34.5. The van der Waals surface area contributed by atoms with Crippen molar-refractivity contribution in [2.24, 2.45) is 5.92 Å².